The number of aromatic nitrogens is 1. The normalized spacial score (nSPS) is 10.1. The molecule has 0 unspecified atom stereocenters. The number of methoxy groups -OCH3 is 1. The molecular formula is C9H11NO4. The van der Waals surface area contributed by atoms with Gasteiger partial charge in [-0.2, -0.15) is 0 Å². The predicted molar refractivity (Wildman–Crippen MR) is 49.6 cm³/mol. The van der Waals surface area contributed by atoms with Crippen LogP contribution in [0.2, 0.25) is 0 Å². The van der Waals surface area contributed by atoms with Crippen LogP contribution in [-0.4, -0.2) is 29.8 Å². The van der Waals surface area contributed by atoms with Gasteiger partial charge in [0.15, 0.2) is 0 Å². The summed E-state index contributed by atoms with van der Waals surface area (Å²) < 4.78 is 4.80. The van der Waals surface area contributed by atoms with Crippen LogP contribution in [0.5, 0.6) is 0 Å². The number of carboxylic acid groups (broad SMARTS) is 1. The SMILES string of the molecule is COCCc1cc(C(=O)O)c[nH]c1=O. The molecule has 0 saturated heterocycles. The average Bonchev–Trinajstić information content (AvgIpc) is 2.16. The fraction of sp³-hybridized carbons (Fsp3) is 0.333. The number of aromatic amines is 1. The van der Waals surface area contributed by atoms with Gasteiger partial charge in [-0.25, -0.2) is 4.79 Å². The van der Waals surface area contributed by atoms with Crippen molar-refractivity contribution in [2.75, 3.05) is 13.7 Å². The number of ether oxygens (including phenoxy) is 1. The Kier molecular flexibility index (Phi) is 3.41. The molecule has 0 saturated carbocycles. The van der Waals surface area contributed by atoms with Gasteiger partial charge in [-0.15, -0.1) is 0 Å². The van der Waals surface area contributed by atoms with Gasteiger partial charge in [0.25, 0.3) is 5.56 Å². The van der Waals surface area contributed by atoms with Gasteiger partial charge in [0.1, 0.15) is 0 Å². The van der Waals surface area contributed by atoms with Gasteiger partial charge < -0.3 is 14.8 Å². The van der Waals surface area contributed by atoms with Crippen molar-refractivity contribution in [1.82, 2.24) is 4.98 Å². The van der Waals surface area contributed by atoms with Crippen molar-refractivity contribution >= 4 is 5.97 Å². The Morgan fingerprint density at radius 1 is 1.64 bits per heavy atom. The molecule has 0 aromatic carbocycles. The van der Waals surface area contributed by atoms with E-state index in [2.05, 4.69) is 4.98 Å². The summed E-state index contributed by atoms with van der Waals surface area (Å²) in [5.74, 6) is -1.06. The highest BCUT2D eigenvalue weighted by Gasteiger charge is 2.06. The van der Waals surface area contributed by atoms with Crippen molar-refractivity contribution in [2.24, 2.45) is 0 Å². The molecule has 76 valence electrons. The molecule has 1 aromatic rings. The maximum atomic E-state index is 11.2. The molecule has 0 aliphatic heterocycles. The Morgan fingerprint density at radius 2 is 2.36 bits per heavy atom. The first-order chi connectivity index (χ1) is 6.65. The molecule has 0 radical (unpaired) electrons. The van der Waals surface area contributed by atoms with Crippen molar-refractivity contribution in [3.05, 3.63) is 33.7 Å². The molecule has 0 spiro atoms. The topological polar surface area (TPSA) is 79.4 Å². The smallest absolute Gasteiger partial charge is 0.337 e. The highest BCUT2D eigenvalue weighted by molar-refractivity contribution is 5.87. The van der Waals surface area contributed by atoms with Crippen molar-refractivity contribution in [2.45, 2.75) is 6.42 Å². The van der Waals surface area contributed by atoms with Gasteiger partial charge >= 0.3 is 5.97 Å². The summed E-state index contributed by atoms with van der Waals surface area (Å²) in [7, 11) is 1.52. The Balaban J connectivity index is 2.96. The zero-order valence-electron chi connectivity index (χ0n) is 7.74. The van der Waals surface area contributed by atoms with Gasteiger partial charge in [-0.05, 0) is 6.07 Å². The second-order valence-electron chi connectivity index (χ2n) is 2.79. The lowest BCUT2D eigenvalue weighted by molar-refractivity contribution is 0.0696. The molecule has 5 heteroatoms. The summed E-state index contributed by atoms with van der Waals surface area (Å²) in [6.45, 7) is 0.395. The quantitative estimate of drug-likeness (QED) is 0.725. The van der Waals surface area contributed by atoms with E-state index in [-0.39, 0.29) is 11.1 Å². The van der Waals surface area contributed by atoms with E-state index in [1.165, 1.54) is 19.4 Å². The minimum atomic E-state index is -1.06. The molecule has 14 heavy (non-hydrogen) atoms. The maximum Gasteiger partial charge on any atom is 0.337 e. The summed E-state index contributed by atoms with van der Waals surface area (Å²) in [5.41, 5.74) is 0.231. The molecule has 0 fully saturated rings. The van der Waals surface area contributed by atoms with Gasteiger partial charge in [0.2, 0.25) is 0 Å². The molecule has 0 bridgehead atoms. The van der Waals surface area contributed by atoms with Crippen LogP contribution >= 0.6 is 0 Å². The highest BCUT2D eigenvalue weighted by Crippen LogP contribution is 1.99. The van der Waals surface area contributed by atoms with Crippen molar-refractivity contribution in [3.8, 4) is 0 Å². The molecule has 5 nitrogen and oxygen atoms in total. The van der Waals surface area contributed by atoms with Crippen molar-refractivity contribution in [1.29, 1.82) is 0 Å². The molecule has 1 heterocycles. The van der Waals surface area contributed by atoms with E-state index < -0.39 is 5.97 Å². The van der Waals surface area contributed by atoms with Crippen LogP contribution in [-0.2, 0) is 11.2 Å². The number of carboxylic acids is 1. The molecule has 1 aromatic heterocycles. The van der Waals surface area contributed by atoms with Crippen LogP contribution in [0.4, 0.5) is 0 Å². The van der Waals surface area contributed by atoms with Crippen LogP contribution < -0.4 is 5.56 Å². The summed E-state index contributed by atoms with van der Waals surface area (Å²) in [4.78, 5) is 24.1. The Labute approximate surface area is 80.3 Å². The molecular weight excluding hydrogens is 186 g/mol. The Hall–Kier alpha value is -1.62. The third-order valence-corrected chi connectivity index (χ3v) is 1.80. The molecule has 0 aliphatic rings. The van der Waals surface area contributed by atoms with Gasteiger partial charge in [-0.3, -0.25) is 4.79 Å². The number of aromatic carboxylic acids is 1. The molecule has 2 N–H and O–H groups in total. The highest BCUT2D eigenvalue weighted by atomic mass is 16.5. The number of hydrogen-bond acceptors (Lipinski definition) is 3. The second kappa shape index (κ2) is 4.57. The Bertz CT molecular complexity index is 383. The first-order valence-corrected chi connectivity index (χ1v) is 4.09. The van der Waals surface area contributed by atoms with E-state index >= 15 is 0 Å². The third-order valence-electron chi connectivity index (χ3n) is 1.80. The average molecular weight is 197 g/mol. The second-order valence-corrected chi connectivity index (χ2v) is 2.79. The number of hydrogen-bond donors (Lipinski definition) is 2. The van der Waals surface area contributed by atoms with Crippen LogP contribution in [0.3, 0.4) is 0 Å². The van der Waals surface area contributed by atoms with Crippen LogP contribution in [0.1, 0.15) is 15.9 Å². The largest absolute Gasteiger partial charge is 0.478 e. The summed E-state index contributed by atoms with van der Waals surface area (Å²) in [6, 6.07) is 1.36. The van der Waals surface area contributed by atoms with Crippen molar-refractivity contribution in [3.63, 3.8) is 0 Å². The van der Waals surface area contributed by atoms with E-state index in [1.54, 1.807) is 0 Å². The first kappa shape index (κ1) is 10.5. The van der Waals surface area contributed by atoms with E-state index in [9.17, 15) is 9.59 Å². The predicted octanol–water partition coefficient (Wildman–Crippen LogP) is 0.262. The first-order valence-electron chi connectivity index (χ1n) is 4.09. The van der Waals surface area contributed by atoms with Crippen LogP contribution in [0, 0.1) is 0 Å². The molecule has 0 atom stereocenters. The minimum absolute atomic E-state index is 0.0794. The number of nitrogens with one attached hydrogen (secondary N) is 1. The number of rotatable bonds is 4. The molecule has 0 amide bonds. The Morgan fingerprint density at radius 3 is 2.93 bits per heavy atom. The maximum absolute atomic E-state index is 11.2. The zero-order valence-corrected chi connectivity index (χ0v) is 7.74. The van der Waals surface area contributed by atoms with E-state index in [4.69, 9.17) is 9.84 Å². The zero-order chi connectivity index (χ0) is 10.6. The third kappa shape index (κ3) is 2.43. The lowest BCUT2D eigenvalue weighted by atomic mass is 10.1. The lowest BCUT2D eigenvalue weighted by Crippen LogP contribution is -2.15. The fourth-order valence-electron chi connectivity index (χ4n) is 1.05. The number of carbonyl (C=O) groups is 1. The number of H-pyrrole nitrogens is 1. The molecule has 0 aliphatic carbocycles. The van der Waals surface area contributed by atoms with E-state index in [0.717, 1.165) is 0 Å². The number of pyridine rings is 1. The lowest BCUT2D eigenvalue weighted by Gasteiger charge is -2.00. The minimum Gasteiger partial charge on any atom is -0.478 e. The van der Waals surface area contributed by atoms with Gasteiger partial charge in [-0.1, -0.05) is 0 Å². The summed E-state index contributed by atoms with van der Waals surface area (Å²) >= 11 is 0. The van der Waals surface area contributed by atoms with Crippen LogP contribution in [0.25, 0.3) is 0 Å². The molecule has 1 rings (SSSR count). The van der Waals surface area contributed by atoms with E-state index in [0.29, 0.717) is 18.6 Å². The summed E-state index contributed by atoms with van der Waals surface area (Å²) in [6.07, 6.45) is 1.59. The standard InChI is InChI=1S/C9H11NO4/c1-14-3-2-6-4-7(9(12)13)5-10-8(6)11/h4-5H,2-3H2,1H3,(H,10,11)(H,12,13). The van der Waals surface area contributed by atoms with Crippen LogP contribution in [0.15, 0.2) is 17.1 Å². The van der Waals surface area contributed by atoms with Gasteiger partial charge in [0, 0.05) is 25.3 Å². The summed E-state index contributed by atoms with van der Waals surface area (Å²) in [5, 5.41) is 8.67. The van der Waals surface area contributed by atoms with Gasteiger partial charge in [0.05, 0.1) is 12.2 Å². The fourth-order valence-corrected chi connectivity index (χ4v) is 1.05. The van der Waals surface area contributed by atoms with Crippen molar-refractivity contribution < 1.29 is 14.6 Å². The van der Waals surface area contributed by atoms with E-state index in [1.807, 2.05) is 0 Å². The monoisotopic (exact) mass is 197 g/mol.